The van der Waals surface area contributed by atoms with Crippen molar-refractivity contribution < 1.29 is 135 Å². The van der Waals surface area contributed by atoms with E-state index in [1.165, 1.54) is 4.90 Å². The molecule has 5 aliphatic rings. The number of unbranched alkanes of at least 4 members (excludes halogenated alkanes) is 2. The third kappa shape index (κ3) is 27.5. The van der Waals surface area contributed by atoms with Gasteiger partial charge in [-0.2, -0.15) is 0 Å². The van der Waals surface area contributed by atoms with Crippen LogP contribution in [0, 0.1) is 0 Å². The van der Waals surface area contributed by atoms with Crippen LogP contribution in [0.2, 0.25) is 0 Å². The van der Waals surface area contributed by atoms with Crippen molar-refractivity contribution >= 4 is 42.5 Å². The molecule has 1 saturated carbocycles. The van der Waals surface area contributed by atoms with Gasteiger partial charge in [0.15, 0.2) is 31.2 Å². The molecule has 684 valence electrons. The fourth-order valence-corrected chi connectivity index (χ4v) is 15.3. The largest absolute Gasteiger partial charge is 0.445 e. The van der Waals surface area contributed by atoms with Gasteiger partial charge in [-0.15, -0.1) is 0 Å². The number of rotatable bonds is 40. The molecule has 1 aliphatic carbocycles. The number of fused-ring (bicyclic) bond motifs is 1. The van der Waals surface area contributed by atoms with E-state index in [1.54, 1.807) is 200 Å². The van der Waals surface area contributed by atoms with E-state index >= 15 is 4.79 Å². The lowest BCUT2D eigenvalue weighted by Crippen LogP contribution is -2.69. The van der Waals surface area contributed by atoms with Crippen molar-refractivity contribution in [2.24, 2.45) is 0 Å². The van der Waals surface area contributed by atoms with Gasteiger partial charge < -0.3 is 133 Å². The molecular weight excluding hydrogens is 1650 g/mol. The monoisotopic (exact) mass is 1760 g/mol. The second-order valence-electron chi connectivity index (χ2n) is 31.2. The zero-order valence-corrected chi connectivity index (χ0v) is 70.5. The molecule has 7 aromatic carbocycles. The maximum Gasteiger partial charge on any atom is 0.412 e. The van der Waals surface area contributed by atoms with Gasteiger partial charge in [-0.1, -0.05) is 239 Å². The first kappa shape index (κ1) is 95.1. The quantitative estimate of drug-likeness (QED) is 0.0130. The van der Waals surface area contributed by atoms with Gasteiger partial charge in [0.25, 0.3) is 5.91 Å². The van der Waals surface area contributed by atoms with E-state index in [2.05, 4.69) is 26.6 Å². The number of nitrogens with zero attached hydrogens (tertiary/aromatic N) is 2. The van der Waals surface area contributed by atoms with Crippen LogP contribution in [-0.4, -0.2) is 258 Å². The minimum Gasteiger partial charge on any atom is -0.445 e. The summed E-state index contributed by atoms with van der Waals surface area (Å²) < 4.78 is 94.4. The van der Waals surface area contributed by atoms with E-state index in [-0.39, 0.29) is 72.5 Å². The van der Waals surface area contributed by atoms with Crippen molar-refractivity contribution in [3.8, 4) is 0 Å². The molecule has 1 unspecified atom stereocenters. The minimum absolute atomic E-state index is 0.0100. The molecule has 127 heavy (non-hydrogen) atoms. The van der Waals surface area contributed by atoms with Crippen molar-refractivity contribution in [3.63, 3.8) is 0 Å². The summed E-state index contributed by atoms with van der Waals surface area (Å²) in [5.41, 5.74) is 4.21. The van der Waals surface area contributed by atoms with Crippen LogP contribution in [0.4, 0.5) is 28.8 Å². The highest BCUT2D eigenvalue weighted by atomic mass is 16.8. The van der Waals surface area contributed by atoms with Crippen molar-refractivity contribution in [1.29, 1.82) is 0 Å². The smallest absolute Gasteiger partial charge is 0.412 e. The van der Waals surface area contributed by atoms with Crippen LogP contribution in [0.1, 0.15) is 97.5 Å². The Bertz CT molecular complexity index is 4500. The first-order valence-electron chi connectivity index (χ1n) is 42.7. The van der Waals surface area contributed by atoms with Gasteiger partial charge in [-0.05, 0) is 52.6 Å². The van der Waals surface area contributed by atoms with Gasteiger partial charge in [-0.25, -0.2) is 28.8 Å². The number of alkyl carbamates (subject to hydrolysis) is 4. The maximum absolute atomic E-state index is 15.6. The predicted molar refractivity (Wildman–Crippen MR) is 450 cm³/mol. The molecule has 4 heterocycles. The second-order valence-corrected chi connectivity index (χ2v) is 31.2. The SMILES string of the molecule is CCCCO[C@H](C(=O)N[C@@H]1C[C@H](NC(=O)OCc2ccccc2)[C@@H](O[C@H]2O[C@H](CN(CCO)C(=O)OCc3ccccc3)[C@@H](O)C[C@H]2NC(=O)OCc2ccccc2)[C@H](O[C@@H]2O[C@H](CO)[C@@H](O[C@H]3O[C@H]4CN(C(=O)OCc5ccccc5)C(c5ccccc5)O[C@H]4[C@H](O)[C@H]3NC(=O)OCc3ccccc3)[C@H]2O)[C@H]1O)[C@@H](CNC(=O)OCc1ccccc1)OCCCC. The molecule has 0 bridgehead atoms. The fraction of sp³-hybridized carbons (Fsp3) is 0.467. The zero-order chi connectivity index (χ0) is 89.4. The van der Waals surface area contributed by atoms with E-state index < -0.39 is 204 Å². The Labute approximate surface area is 735 Å². The number of aliphatic hydroxyl groups excluding tert-OH is 6. The molecular formula is C92H113N7O28. The number of carbonyl (C=O) groups excluding carboxylic acids is 7. The molecule has 0 radical (unpaired) electrons. The van der Waals surface area contributed by atoms with Gasteiger partial charge in [0.05, 0.1) is 57.1 Å². The van der Waals surface area contributed by atoms with Gasteiger partial charge in [0.2, 0.25) is 0 Å². The van der Waals surface area contributed by atoms with Crippen LogP contribution in [0.25, 0.3) is 0 Å². The average Bonchev–Trinajstić information content (AvgIpc) is 1.71. The Hall–Kier alpha value is -11.0. The van der Waals surface area contributed by atoms with E-state index in [1.807, 2.05) is 26.0 Å². The summed E-state index contributed by atoms with van der Waals surface area (Å²) in [4.78, 5) is 103. The number of hydrogen-bond acceptors (Lipinski definition) is 28. The fourth-order valence-electron chi connectivity index (χ4n) is 15.3. The molecule has 21 atom stereocenters. The van der Waals surface area contributed by atoms with Crippen LogP contribution in [0.5, 0.6) is 0 Å². The Kier molecular flexibility index (Phi) is 36.6. The van der Waals surface area contributed by atoms with Crippen LogP contribution in [0.15, 0.2) is 212 Å². The lowest BCUT2D eigenvalue weighted by atomic mass is 9.83. The lowest BCUT2D eigenvalue weighted by molar-refractivity contribution is -0.323. The van der Waals surface area contributed by atoms with Gasteiger partial charge in [-0.3, -0.25) is 9.69 Å². The molecule has 35 nitrogen and oxygen atoms in total. The molecule has 35 heteroatoms. The number of hydrogen-bond donors (Lipinski definition) is 11. The highest BCUT2D eigenvalue weighted by Crippen LogP contribution is 2.41. The van der Waals surface area contributed by atoms with Crippen molar-refractivity contribution in [2.45, 2.75) is 221 Å². The topological polar surface area (TPSA) is 446 Å². The lowest BCUT2D eigenvalue weighted by Gasteiger charge is -2.51. The summed E-state index contributed by atoms with van der Waals surface area (Å²) in [5.74, 6) is -0.911. The Balaban J connectivity index is 0.906. The van der Waals surface area contributed by atoms with Crippen LogP contribution >= 0.6 is 0 Å². The Morgan fingerprint density at radius 1 is 0.457 bits per heavy atom. The van der Waals surface area contributed by atoms with Crippen molar-refractivity contribution in [1.82, 2.24) is 36.4 Å². The van der Waals surface area contributed by atoms with E-state index in [4.69, 9.17) is 71.1 Å². The molecule has 5 fully saturated rings. The number of aliphatic hydroxyl groups is 6. The maximum atomic E-state index is 15.6. The predicted octanol–water partition coefficient (Wildman–Crippen LogP) is 7.58. The highest BCUT2D eigenvalue weighted by Gasteiger charge is 2.58. The number of amides is 7. The Morgan fingerprint density at radius 3 is 1.44 bits per heavy atom. The first-order valence-corrected chi connectivity index (χ1v) is 42.7. The molecule has 12 rings (SSSR count). The Morgan fingerprint density at radius 2 is 0.921 bits per heavy atom. The molecule has 4 aliphatic heterocycles. The molecule has 7 amide bonds. The van der Waals surface area contributed by atoms with Crippen molar-refractivity contribution in [3.05, 3.63) is 251 Å². The number of benzene rings is 7. The average molecular weight is 1760 g/mol. The van der Waals surface area contributed by atoms with Crippen LogP contribution in [-0.2, 0) is 115 Å². The van der Waals surface area contributed by atoms with Gasteiger partial charge >= 0.3 is 36.6 Å². The van der Waals surface area contributed by atoms with Crippen LogP contribution < -0.4 is 26.6 Å². The summed E-state index contributed by atoms with van der Waals surface area (Å²) in [6.07, 6.45) is -33.6. The number of nitrogens with one attached hydrogen (secondary N) is 5. The van der Waals surface area contributed by atoms with E-state index in [0.717, 1.165) is 4.90 Å². The molecule has 0 aromatic heterocycles. The van der Waals surface area contributed by atoms with Crippen molar-refractivity contribution in [2.75, 3.05) is 52.6 Å². The zero-order valence-electron chi connectivity index (χ0n) is 70.5. The highest BCUT2D eigenvalue weighted by molar-refractivity contribution is 5.82. The molecule has 11 N–H and O–H groups in total. The minimum atomic E-state index is -2.14. The third-order valence-electron chi connectivity index (χ3n) is 22.0. The van der Waals surface area contributed by atoms with E-state index in [9.17, 15) is 59.4 Å². The first-order chi connectivity index (χ1) is 61.8. The second kappa shape index (κ2) is 48.8. The van der Waals surface area contributed by atoms with Gasteiger partial charge in [0.1, 0.15) is 113 Å². The van der Waals surface area contributed by atoms with E-state index in [0.29, 0.717) is 64.6 Å². The summed E-state index contributed by atoms with van der Waals surface area (Å²) >= 11 is 0. The summed E-state index contributed by atoms with van der Waals surface area (Å²) in [7, 11) is 0. The van der Waals surface area contributed by atoms with Gasteiger partial charge in [0, 0.05) is 31.7 Å². The third-order valence-corrected chi connectivity index (χ3v) is 22.0. The molecule has 7 aromatic rings. The standard InChI is InChI=1S/C92H113N7O28/c1-3-5-44-113-69(48-93-87(107)115-52-58-28-14-7-15-29-58)80(114-45-6-4-2)82(106)94-65-46-66(95-88(108)116-53-59-30-16-8-17-31-59)77(125-84-67(96-89(109)117-54-60-32-18-9-19-33-60)47-68(102)70(121-84)49-98(42-43-100)91(111)119-56-62-36-22-11-23-37-62)81(74(65)103)127-86-76(105)79(72(51-101)123-86)126-85-73(97-90(110)118-55-61-34-20-10-21-35-61)75(104)78-71(122-85)50-99(83(124-78)64-40-26-13-27-41-64)92(112)120-57-63-38-24-12-25-39-63/h7-41,65-81,83-86,100-105H,3-6,42-57H2,1-2H3,(H,93,107)(H,94,106)(H,95,108)(H,96,109)(H,97,110)/t65-,66+,67-,68+,69-,70-,71+,72-,73-,74+,75-,76-,77-,78-,79-,80+,81-,83?,84-,85-,86+/m1/s1. The molecule has 0 spiro atoms. The number of ether oxygens (including phenoxy) is 15. The number of carbonyl (C=O) groups is 7. The van der Waals surface area contributed by atoms with Crippen LogP contribution in [0.3, 0.4) is 0 Å². The summed E-state index contributed by atoms with van der Waals surface area (Å²) in [5, 5.41) is 87.4. The summed E-state index contributed by atoms with van der Waals surface area (Å²) in [6, 6.07) is 54.9. The molecule has 4 saturated heterocycles. The summed E-state index contributed by atoms with van der Waals surface area (Å²) in [6.45, 7) is -0.408. The normalized spacial score (nSPS) is 26.0.